The molecule has 24 heavy (non-hydrogen) atoms. The molecule has 0 aliphatic carbocycles. The van der Waals surface area contributed by atoms with Gasteiger partial charge in [-0.3, -0.25) is 0 Å². The van der Waals surface area contributed by atoms with Crippen LogP contribution < -0.4 is 0 Å². The molecule has 0 aliphatic rings. The Bertz CT molecular complexity index is 454. The van der Waals surface area contributed by atoms with Crippen LogP contribution in [0.2, 0.25) is 0 Å². The summed E-state index contributed by atoms with van der Waals surface area (Å²) in [6.45, 7) is 15.1. The van der Waals surface area contributed by atoms with Gasteiger partial charge in [0.1, 0.15) is 0 Å². The molecule has 0 radical (unpaired) electrons. The van der Waals surface area contributed by atoms with E-state index in [-0.39, 0.29) is 12.0 Å². The zero-order valence-corrected chi connectivity index (χ0v) is 17.2. The average Bonchev–Trinajstić information content (AvgIpc) is 2.49. The molecular weight excluding hydrogens is 292 g/mol. The van der Waals surface area contributed by atoms with Gasteiger partial charge in [-0.1, -0.05) is 53.5 Å². The summed E-state index contributed by atoms with van der Waals surface area (Å²) in [5.74, 6) is 0.236. The van der Waals surface area contributed by atoms with E-state index >= 15 is 0 Å². The number of hydrogen-bond acceptors (Lipinski definition) is 1. The van der Waals surface area contributed by atoms with E-state index in [2.05, 4.69) is 72.8 Å². The molecule has 1 N–H and O–H groups in total. The molecule has 0 heterocycles. The highest BCUT2D eigenvalue weighted by Crippen LogP contribution is 2.21. The molecule has 138 valence electrons. The minimum atomic E-state index is -0.245. The summed E-state index contributed by atoms with van der Waals surface area (Å²) < 4.78 is 0. The van der Waals surface area contributed by atoms with Crippen LogP contribution in [0.4, 0.5) is 0 Å². The third-order valence-corrected chi connectivity index (χ3v) is 4.33. The highest BCUT2D eigenvalue weighted by Gasteiger charge is 2.14. The van der Waals surface area contributed by atoms with E-state index in [0.29, 0.717) is 0 Å². The van der Waals surface area contributed by atoms with Gasteiger partial charge in [0.2, 0.25) is 0 Å². The Kier molecular flexibility index (Phi) is 12.6. The molecule has 0 aromatic heterocycles. The number of hydrogen-bond donors (Lipinski definition) is 1. The van der Waals surface area contributed by atoms with Crippen molar-refractivity contribution in [2.24, 2.45) is 5.92 Å². The molecule has 1 nitrogen and oxygen atoms in total. The molecule has 1 heteroatoms. The number of aliphatic hydroxyl groups excluding tert-OH is 1. The van der Waals surface area contributed by atoms with Gasteiger partial charge >= 0.3 is 0 Å². The minimum absolute atomic E-state index is 0.236. The monoisotopic (exact) mass is 332 g/mol. The lowest BCUT2D eigenvalue weighted by Gasteiger charge is -2.18. The fourth-order valence-corrected chi connectivity index (χ4v) is 2.70. The predicted octanol–water partition coefficient (Wildman–Crippen LogP) is 7.15. The molecule has 0 bridgehead atoms. The molecule has 0 spiro atoms. The summed E-state index contributed by atoms with van der Waals surface area (Å²) in [4.78, 5) is 0. The SMILES string of the molecule is CCC(O)C(/C=C(\C)CCC=C(C)C)C/C=C(\C)CCC=C(C)C. The first-order chi connectivity index (χ1) is 11.3. The standard InChI is InChI=1S/C23H40O/c1-8-23(24)22(17-21(7)14-10-12-19(4)5)16-15-20(6)13-9-11-18(2)3/h11-12,15,17,22-24H,8-10,13-14,16H2,1-7H3/b20-15+,21-17+. The Labute approximate surface area is 151 Å². The fraction of sp³-hybridized carbons (Fsp3) is 0.652. The summed E-state index contributed by atoms with van der Waals surface area (Å²) >= 11 is 0. The van der Waals surface area contributed by atoms with Gasteiger partial charge in [0.05, 0.1) is 6.10 Å². The Hall–Kier alpha value is -1.08. The molecule has 2 unspecified atom stereocenters. The third-order valence-electron chi connectivity index (χ3n) is 4.33. The van der Waals surface area contributed by atoms with E-state index in [1.807, 2.05) is 0 Å². The second-order valence-corrected chi connectivity index (χ2v) is 7.58. The smallest absolute Gasteiger partial charge is 0.0603 e. The average molecular weight is 333 g/mol. The second kappa shape index (κ2) is 13.2. The van der Waals surface area contributed by atoms with E-state index in [4.69, 9.17) is 0 Å². The lowest BCUT2D eigenvalue weighted by molar-refractivity contribution is 0.126. The van der Waals surface area contributed by atoms with E-state index in [9.17, 15) is 5.11 Å². The number of rotatable bonds is 11. The van der Waals surface area contributed by atoms with E-state index in [1.54, 1.807) is 0 Å². The van der Waals surface area contributed by atoms with Gasteiger partial charge in [-0.05, 0) is 80.1 Å². The lowest BCUT2D eigenvalue weighted by Crippen LogP contribution is -2.17. The first-order valence-electron chi connectivity index (χ1n) is 9.54. The highest BCUT2D eigenvalue weighted by atomic mass is 16.3. The zero-order valence-electron chi connectivity index (χ0n) is 17.2. The van der Waals surface area contributed by atoms with Crippen molar-refractivity contribution in [1.29, 1.82) is 0 Å². The lowest BCUT2D eigenvalue weighted by atomic mass is 9.92. The van der Waals surface area contributed by atoms with Crippen molar-refractivity contribution < 1.29 is 5.11 Å². The molecular formula is C23H40O. The van der Waals surface area contributed by atoms with Crippen LogP contribution >= 0.6 is 0 Å². The molecule has 2 atom stereocenters. The summed E-state index contributed by atoms with van der Waals surface area (Å²) in [6.07, 6.45) is 15.1. The van der Waals surface area contributed by atoms with Crippen molar-refractivity contribution in [2.45, 2.75) is 93.1 Å². The number of allylic oxidation sites excluding steroid dienone is 7. The molecule has 0 fully saturated rings. The largest absolute Gasteiger partial charge is 0.393 e. The van der Waals surface area contributed by atoms with Crippen molar-refractivity contribution in [2.75, 3.05) is 0 Å². The Balaban J connectivity index is 4.71. The first kappa shape index (κ1) is 22.9. The summed E-state index contributed by atoms with van der Waals surface area (Å²) in [5.41, 5.74) is 5.58. The zero-order chi connectivity index (χ0) is 18.5. The summed E-state index contributed by atoms with van der Waals surface area (Å²) in [6, 6.07) is 0. The van der Waals surface area contributed by atoms with Gasteiger partial charge in [-0.25, -0.2) is 0 Å². The van der Waals surface area contributed by atoms with Crippen LogP contribution in [0, 0.1) is 5.92 Å². The maximum absolute atomic E-state index is 10.3. The first-order valence-corrected chi connectivity index (χ1v) is 9.54. The molecule has 0 saturated heterocycles. The van der Waals surface area contributed by atoms with Crippen LogP contribution in [0.1, 0.15) is 87.0 Å². The predicted molar refractivity (Wildman–Crippen MR) is 109 cm³/mol. The molecule has 0 aromatic rings. The molecule has 0 aliphatic heterocycles. The van der Waals surface area contributed by atoms with Crippen LogP contribution in [0.25, 0.3) is 0 Å². The summed E-state index contributed by atoms with van der Waals surface area (Å²) in [5, 5.41) is 10.3. The maximum Gasteiger partial charge on any atom is 0.0603 e. The number of aliphatic hydroxyl groups is 1. The van der Waals surface area contributed by atoms with E-state index in [0.717, 1.165) is 38.5 Å². The van der Waals surface area contributed by atoms with Gasteiger partial charge < -0.3 is 5.11 Å². The van der Waals surface area contributed by atoms with Crippen LogP contribution in [-0.4, -0.2) is 11.2 Å². The van der Waals surface area contributed by atoms with Crippen molar-refractivity contribution in [3.05, 3.63) is 46.6 Å². The van der Waals surface area contributed by atoms with Crippen molar-refractivity contribution in [3.63, 3.8) is 0 Å². The van der Waals surface area contributed by atoms with Gasteiger partial charge in [-0.15, -0.1) is 0 Å². The van der Waals surface area contributed by atoms with Gasteiger partial charge in [0, 0.05) is 5.92 Å². The normalized spacial score (nSPS) is 15.0. The van der Waals surface area contributed by atoms with E-state index in [1.165, 1.54) is 22.3 Å². The van der Waals surface area contributed by atoms with Crippen LogP contribution in [-0.2, 0) is 0 Å². The van der Waals surface area contributed by atoms with Crippen LogP contribution in [0.3, 0.4) is 0 Å². The molecule has 0 amide bonds. The van der Waals surface area contributed by atoms with E-state index < -0.39 is 0 Å². The Morgan fingerprint density at radius 3 is 1.75 bits per heavy atom. The molecule has 0 rings (SSSR count). The Morgan fingerprint density at radius 1 is 0.792 bits per heavy atom. The van der Waals surface area contributed by atoms with Crippen LogP contribution in [0.15, 0.2) is 46.6 Å². The molecule has 0 aromatic carbocycles. The Morgan fingerprint density at radius 2 is 1.29 bits per heavy atom. The third kappa shape index (κ3) is 12.4. The van der Waals surface area contributed by atoms with Gasteiger partial charge in [0.15, 0.2) is 0 Å². The second-order valence-electron chi connectivity index (χ2n) is 7.58. The van der Waals surface area contributed by atoms with Crippen molar-refractivity contribution in [3.8, 4) is 0 Å². The van der Waals surface area contributed by atoms with Crippen molar-refractivity contribution >= 4 is 0 Å². The maximum atomic E-state index is 10.3. The quantitative estimate of drug-likeness (QED) is 0.398. The minimum Gasteiger partial charge on any atom is -0.393 e. The van der Waals surface area contributed by atoms with Gasteiger partial charge in [0.25, 0.3) is 0 Å². The van der Waals surface area contributed by atoms with Crippen molar-refractivity contribution in [1.82, 2.24) is 0 Å². The topological polar surface area (TPSA) is 20.2 Å². The van der Waals surface area contributed by atoms with Gasteiger partial charge in [-0.2, -0.15) is 0 Å². The fourth-order valence-electron chi connectivity index (χ4n) is 2.70. The highest BCUT2D eigenvalue weighted by molar-refractivity contribution is 5.09. The molecule has 0 saturated carbocycles. The summed E-state index contributed by atoms with van der Waals surface area (Å²) in [7, 11) is 0. The van der Waals surface area contributed by atoms with Crippen LogP contribution in [0.5, 0.6) is 0 Å².